The molecule has 0 aliphatic rings. The Labute approximate surface area is 105 Å². The molecule has 0 spiro atoms. The summed E-state index contributed by atoms with van der Waals surface area (Å²) >= 11 is 1.43. The van der Waals surface area contributed by atoms with Gasteiger partial charge in [0.05, 0.1) is 0 Å². The molecule has 1 heterocycles. The van der Waals surface area contributed by atoms with Gasteiger partial charge in [0, 0.05) is 37.2 Å². The van der Waals surface area contributed by atoms with Crippen LogP contribution in [0.1, 0.15) is 18.3 Å². The first-order valence-electron chi connectivity index (χ1n) is 5.57. The molecule has 0 atom stereocenters. The molecule has 5 heteroatoms. The van der Waals surface area contributed by atoms with Crippen molar-refractivity contribution in [3.63, 3.8) is 0 Å². The van der Waals surface area contributed by atoms with Gasteiger partial charge in [-0.15, -0.1) is 0 Å². The summed E-state index contributed by atoms with van der Waals surface area (Å²) in [7, 11) is 2.01. The zero-order valence-electron chi connectivity index (χ0n) is 10.1. The van der Waals surface area contributed by atoms with Gasteiger partial charge in [0.25, 0.3) is 0 Å². The van der Waals surface area contributed by atoms with Crippen molar-refractivity contribution in [3.05, 3.63) is 35.7 Å². The SMILES string of the molecule is CCc1nsc(N(C)Cc2ccccc2N)n1. The van der Waals surface area contributed by atoms with Gasteiger partial charge in [-0.3, -0.25) is 0 Å². The van der Waals surface area contributed by atoms with Crippen LogP contribution in [0.2, 0.25) is 0 Å². The Kier molecular flexibility index (Phi) is 3.58. The van der Waals surface area contributed by atoms with E-state index in [9.17, 15) is 0 Å². The van der Waals surface area contributed by atoms with Crippen molar-refractivity contribution >= 4 is 22.4 Å². The molecular weight excluding hydrogens is 232 g/mol. The van der Waals surface area contributed by atoms with Crippen LogP contribution in [0.4, 0.5) is 10.8 Å². The lowest BCUT2D eigenvalue weighted by Gasteiger charge is -2.16. The van der Waals surface area contributed by atoms with Crippen molar-refractivity contribution in [1.82, 2.24) is 9.36 Å². The lowest BCUT2D eigenvalue weighted by molar-refractivity contribution is 0.900. The molecule has 0 radical (unpaired) electrons. The molecule has 0 unspecified atom stereocenters. The predicted octanol–water partition coefficient (Wildman–Crippen LogP) is 2.32. The number of aromatic nitrogens is 2. The summed E-state index contributed by atoms with van der Waals surface area (Å²) in [6, 6.07) is 7.89. The van der Waals surface area contributed by atoms with E-state index in [-0.39, 0.29) is 0 Å². The summed E-state index contributed by atoms with van der Waals surface area (Å²) in [5.41, 5.74) is 7.85. The second-order valence-corrected chi connectivity index (χ2v) is 4.63. The summed E-state index contributed by atoms with van der Waals surface area (Å²) in [4.78, 5) is 6.52. The summed E-state index contributed by atoms with van der Waals surface area (Å²) < 4.78 is 4.28. The summed E-state index contributed by atoms with van der Waals surface area (Å²) in [6.45, 7) is 2.81. The maximum Gasteiger partial charge on any atom is 0.205 e. The molecule has 90 valence electrons. The molecule has 2 aromatic rings. The third-order valence-corrected chi connectivity index (χ3v) is 3.43. The molecule has 0 bridgehead atoms. The van der Waals surface area contributed by atoms with Gasteiger partial charge in [0.2, 0.25) is 5.13 Å². The molecule has 0 aliphatic carbocycles. The topological polar surface area (TPSA) is 55.0 Å². The normalized spacial score (nSPS) is 10.5. The molecule has 0 amide bonds. The Morgan fingerprint density at radius 1 is 1.35 bits per heavy atom. The van der Waals surface area contributed by atoms with Gasteiger partial charge < -0.3 is 10.6 Å². The van der Waals surface area contributed by atoms with Crippen molar-refractivity contribution < 1.29 is 0 Å². The molecule has 0 fully saturated rings. The first-order valence-corrected chi connectivity index (χ1v) is 6.35. The van der Waals surface area contributed by atoms with Crippen LogP contribution in [0, 0.1) is 0 Å². The van der Waals surface area contributed by atoms with Gasteiger partial charge in [-0.05, 0) is 11.6 Å². The molecule has 0 saturated carbocycles. The van der Waals surface area contributed by atoms with Gasteiger partial charge >= 0.3 is 0 Å². The number of nitrogens with two attached hydrogens (primary N) is 1. The van der Waals surface area contributed by atoms with E-state index in [0.717, 1.165) is 35.2 Å². The molecular formula is C12H16N4S. The van der Waals surface area contributed by atoms with Crippen LogP contribution in [-0.2, 0) is 13.0 Å². The van der Waals surface area contributed by atoms with Gasteiger partial charge in [-0.2, -0.15) is 4.37 Å². The average Bonchev–Trinajstić information content (AvgIpc) is 2.81. The minimum Gasteiger partial charge on any atom is -0.398 e. The number of para-hydroxylation sites is 1. The maximum atomic E-state index is 5.92. The first kappa shape index (κ1) is 11.9. The van der Waals surface area contributed by atoms with Crippen molar-refractivity contribution in [2.75, 3.05) is 17.7 Å². The number of nitrogens with zero attached hydrogens (tertiary/aromatic N) is 3. The third-order valence-electron chi connectivity index (χ3n) is 2.56. The number of rotatable bonds is 4. The predicted molar refractivity (Wildman–Crippen MR) is 72.2 cm³/mol. The number of hydrogen-bond donors (Lipinski definition) is 1. The molecule has 2 N–H and O–H groups in total. The first-order chi connectivity index (χ1) is 8.20. The molecule has 1 aromatic carbocycles. The number of benzene rings is 1. The van der Waals surface area contributed by atoms with Crippen LogP contribution in [0.5, 0.6) is 0 Å². The van der Waals surface area contributed by atoms with E-state index >= 15 is 0 Å². The Morgan fingerprint density at radius 2 is 2.12 bits per heavy atom. The summed E-state index contributed by atoms with van der Waals surface area (Å²) in [5, 5.41) is 0.935. The average molecular weight is 248 g/mol. The van der Waals surface area contributed by atoms with Crippen LogP contribution in [0.25, 0.3) is 0 Å². The zero-order valence-corrected chi connectivity index (χ0v) is 10.9. The monoisotopic (exact) mass is 248 g/mol. The van der Waals surface area contributed by atoms with Crippen LogP contribution < -0.4 is 10.6 Å². The van der Waals surface area contributed by atoms with E-state index in [1.807, 2.05) is 31.3 Å². The molecule has 1 aromatic heterocycles. The number of anilines is 2. The highest BCUT2D eigenvalue weighted by Gasteiger charge is 2.09. The van der Waals surface area contributed by atoms with Crippen LogP contribution in [0.3, 0.4) is 0 Å². The Bertz CT molecular complexity index is 495. The highest BCUT2D eigenvalue weighted by Crippen LogP contribution is 2.20. The minimum absolute atomic E-state index is 0.755. The fourth-order valence-electron chi connectivity index (χ4n) is 1.54. The molecule has 0 saturated heterocycles. The zero-order chi connectivity index (χ0) is 12.3. The highest BCUT2D eigenvalue weighted by atomic mass is 32.1. The Balaban J connectivity index is 2.11. The number of hydrogen-bond acceptors (Lipinski definition) is 5. The molecule has 0 aliphatic heterocycles. The van der Waals surface area contributed by atoms with E-state index in [1.165, 1.54) is 11.5 Å². The van der Waals surface area contributed by atoms with Crippen molar-refractivity contribution in [2.24, 2.45) is 0 Å². The number of aryl methyl sites for hydroxylation is 1. The molecule has 17 heavy (non-hydrogen) atoms. The van der Waals surface area contributed by atoms with Gasteiger partial charge in [0.1, 0.15) is 5.82 Å². The molecule has 4 nitrogen and oxygen atoms in total. The highest BCUT2D eigenvalue weighted by molar-refractivity contribution is 7.09. The summed E-state index contributed by atoms with van der Waals surface area (Å²) in [6.07, 6.45) is 0.873. The minimum atomic E-state index is 0.755. The van der Waals surface area contributed by atoms with E-state index in [2.05, 4.69) is 21.2 Å². The lowest BCUT2D eigenvalue weighted by atomic mass is 10.2. The standard InChI is InChI=1S/C12H16N4S/c1-3-11-14-12(17-15-11)16(2)8-9-6-4-5-7-10(9)13/h4-7H,3,8,13H2,1-2H3. The Morgan fingerprint density at radius 3 is 2.76 bits per heavy atom. The van der Waals surface area contributed by atoms with E-state index in [0.29, 0.717) is 0 Å². The van der Waals surface area contributed by atoms with E-state index in [4.69, 9.17) is 5.73 Å². The quantitative estimate of drug-likeness (QED) is 0.844. The van der Waals surface area contributed by atoms with Crippen LogP contribution >= 0.6 is 11.5 Å². The molecule has 2 rings (SSSR count). The van der Waals surface area contributed by atoms with Gasteiger partial charge in [0.15, 0.2) is 0 Å². The fraction of sp³-hybridized carbons (Fsp3) is 0.333. The smallest absolute Gasteiger partial charge is 0.205 e. The largest absolute Gasteiger partial charge is 0.398 e. The number of nitrogen functional groups attached to an aromatic ring is 1. The van der Waals surface area contributed by atoms with Gasteiger partial charge in [-0.1, -0.05) is 25.1 Å². The van der Waals surface area contributed by atoms with Crippen LogP contribution in [0.15, 0.2) is 24.3 Å². The van der Waals surface area contributed by atoms with Crippen molar-refractivity contribution in [1.29, 1.82) is 0 Å². The van der Waals surface area contributed by atoms with Gasteiger partial charge in [-0.25, -0.2) is 4.98 Å². The van der Waals surface area contributed by atoms with E-state index in [1.54, 1.807) is 0 Å². The Hall–Kier alpha value is -1.62. The maximum absolute atomic E-state index is 5.92. The van der Waals surface area contributed by atoms with Crippen molar-refractivity contribution in [3.8, 4) is 0 Å². The second-order valence-electron chi connectivity index (χ2n) is 3.90. The lowest BCUT2D eigenvalue weighted by Crippen LogP contribution is -2.17. The third kappa shape index (κ3) is 2.74. The second kappa shape index (κ2) is 5.14. The fourth-order valence-corrected chi connectivity index (χ4v) is 2.25. The van der Waals surface area contributed by atoms with Crippen molar-refractivity contribution in [2.45, 2.75) is 19.9 Å². The summed E-state index contributed by atoms with van der Waals surface area (Å²) in [5.74, 6) is 0.901. The van der Waals surface area contributed by atoms with Crippen LogP contribution in [-0.4, -0.2) is 16.4 Å². The van der Waals surface area contributed by atoms with E-state index < -0.39 is 0 Å².